The second kappa shape index (κ2) is 9.45. The van der Waals surface area contributed by atoms with E-state index in [9.17, 15) is 18.0 Å². The Kier molecular flexibility index (Phi) is 6.41. The van der Waals surface area contributed by atoms with Crippen LogP contribution in [0.2, 0.25) is 0 Å². The molecule has 0 saturated carbocycles. The predicted molar refractivity (Wildman–Crippen MR) is 121 cm³/mol. The number of anilines is 1. The zero-order chi connectivity index (χ0) is 25.2. The van der Waals surface area contributed by atoms with E-state index in [2.05, 4.69) is 25.1 Å². The minimum atomic E-state index is -4.84. The van der Waals surface area contributed by atoms with E-state index < -0.39 is 18.0 Å². The molecule has 180 valence electrons. The Bertz CT molecular complexity index is 1370. The molecule has 0 fully saturated rings. The average Bonchev–Trinajstić information content (AvgIpc) is 3.07. The molecule has 4 aromatic rings. The normalized spacial score (nSPS) is 11.3. The number of nitrogens with one attached hydrogen (secondary N) is 1. The number of nitrogens with zero attached hydrogens (tertiary/aromatic N) is 4. The number of benzene rings is 2. The lowest BCUT2D eigenvalue weighted by Gasteiger charge is -2.11. The first kappa shape index (κ1) is 23.7. The molecular weight excluding hydrogens is 463 g/mol. The van der Waals surface area contributed by atoms with E-state index in [1.165, 1.54) is 18.5 Å². The van der Waals surface area contributed by atoms with Crippen molar-refractivity contribution in [1.29, 1.82) is 0 Å². The maximum Gasteiger partial charge on any atom is 0.573 e. The van der Waals surface area contributed by atoms with Crippen molar-refractivity contribution in [3.05, 3.63) is 83.4 Å². The highest BCUT2D eigenvalue weighted by Crippen LogP contribution is 2.25. The minimum absolute atomic E-state index is 0.0139. The Morgan fingerprint density at radius 2 is 1.71 bits per heavy atom. The molecule has 1 N–H and O–H groups in total. The monoisotopic (exact) mass is 483 g/mol. The SMILES string of the molecule is Cc1nn(-c2cc(Oc3ccc(NC(=O)c4cccc(OC(F)(F)F)c4)cc3)ncn2)c(C)c1C. The predicted octanol–water partition coefficient (Wildman–Crippen LogP) is 5.53. The first-order valence-corrected chi connectivity index (χ1v) is 10.4. The Morgan fingerprint density at radius 3 is 2.37 bits per heavy atom. The van der Waals surface area contributed by atoms with Crippen molar-refractivity contribution < 1.29 is 27.4 Å². The van der Waals surface area contributed by atoms with Crippen LogP contribution in [-0.4, -0.2) is 32.0 Å². The third-order valence-corrected chi connectivity index (χ3v) is 5.16. The number of aromatic nitrogens is 4. The van der Waals surface area contributed by atoms with E-state index in [-0.39, 0.29) is 5.56 Å². The van der Waals surface area contributed by atoms with Gasteiger partial charge in [-0.2, -0.15) is 5.10 Å². The summed E-state index contributed by atoms with van der Waals surface area (Å²) in [7, 11) is 0. The van der Waals surface area contributed by atoms with Crippen LogP contribution in [0.1, 0.15) is 27.3 Å². The van der Waals surface area contributed by atoms with Crippen LogP contribution in [0.3, 0.4) is 0 Å². The summed E-state index contributed by atoms with van der Waals surface area (Å²) in [4.78, 5) is 20.8. The molecule has 0 radical (unpaired) electrons. The van der Waals surface area contributed by atoms with Crippen LogP contribution >= 0.6 is 0 Å². The van der Waals surface area contributed by atoms with Gasteiger partial charge in [0.1, 0.15) is 17.8 Å². The Morgan fingerprint density at radius 1 is 0.971 bits per heavy atom. The maximum absolute atomic E-state index is 12.4. The lowest BCUT2D eigenvalue weighted by atomic mass is 10.2. The molecular formula is C24H20F3N5O3. The second-order valence-electron chi connectivity index (χ2n) is 7.58. The van der Waals surface area contributed by atoms with Crippen LogP contribution in [0, 0.1) is 20.8 Å². The Balaban J connectivity index is 1.43. The van der Waals surface area contributed by atoms with Crippen LogP contribution in [-0.2, 0) is 0 Å². The molecule has 35 heavy (non-hydrogen) atoms. The lowest BCUT2D eigenvalue weighted by molar-refractivity contribution is -0.274. The summed E-state index contributed by atoms with van der Waals surface area (Å²) < 4.78 is 48.6. The molecule has 0 unspecified atom stereocenters. The topological polar surface area (TPSA) is 91.2 Å². The number of halogens is 3. The van der Waals surface area contributed by atoms with Crippen molar-refractivity contribution in [2.24, 2.45) is 0 Å². The minimum Gasteiger partial charge on any atom is -0.439 e. The molecule has 11 heteroatoms. The van der Waals surface area contributed by atoms with Crippen LogP contribution in [0.25, 0.3) is 5.82 Å². The van der Waals surface area contributed by atoms with E-state index in [0.29, 0.717) is 23.1 Å². The highest BCUT2D eigenvalue weighted by Gasteiger charge is 2.31. The number of aryl methyl sites for hydroxylation is 1. The number of amides is 1. The Labute approximate surface area is 198 Å². The number of carbonyl (C=O) groups excluding carboxylic acids is 1. The summed E-state index contributed by atoms with van der Waals surface area (Å²) in [6.07, 6.45) is -3.47. The first-order chi connectivity index (χ1) is 16.6. The van der Waals surface area contributed by atoms with E-state index >= 15 is 0 Å². The highest BCUT2D eigenvalue weighted by molar-refractivity contribution is 6.04. The van der Waals surface area contributed by atoms with Crippen LogP contribution in [0.15, 0.2) is 60.9 Å². The van der Waals surface area contributed by atoms with Gasteiger partial charge >= 0.3 is 6.36 Å². The number of ether oxygens (including phenoxy) is 2. The Hall–Kier alpha value is -4.41. The molecule has 2 heterocycles. The van der Waals surface area contributed by atoms with Gasteiger partial charge in [-0.3, -0.25) is 4.79 Å². The molecule has 0 saturated heterocycles. The maximum atomic E-state index is 12.4. The van der Waals surface area contributed by atoms with Gasteiger partial charge in [0.2, 0.25) is 5.88 Å². The van der Waals surface area contributed by atoms with Gasteiger partial charge in [0.05, 0.1) is 5.69 Å². The highest BCUT2D eigenvalue weighted by atomic mass is 19.4. The molecule has 4 rings (SSSR count). The molecule has 0 aliphatic carbocycles. The second-order valence-corrected chi connectivity index (χ2v) is 7.58. The van der Waals surface area contributed by atoms with E-state index in [0.717, 1.165) is 29.1 Å². The number of carbonyl (C=O) groups is 1. The first-order valence-electron chi connectivity index (χ1n) is 10.4. The van der Waals surface area contributed by atoms with Crippen molar-refractivity contribution in [2.75, 3.05) is 5.32 Å². The summed E-state index contributed by atoms with van der Waals surface area (Å²) in [5, 5.41) is 7.10. The van der Waals surface area contributed by atoms with Gasteiger partial charge in [-0.15, -0.1) is 13.2 Å². The van der Waals surface area contributed by atoms with Gasteiger partial charge in [-0.25, -0.2) is 14.6 Å². The molecule has 0 atom stereocenters. The third-order valence-electron chi connectivity index (χ3n) is 5.16. The number of hydrogen-bond acceptors (Lipinski definition) is 6. The lowest BCUT2D eigenvalue weighted by Crippen LogP contribution is -2.18. The molecule has 0 spiro atoms. The van der Waals surface area contributed by atoms with Crippen molar-refractivity contribution in [3.63, 3.8) is 0 Å². The molecule has 0 aliphatic heterocycles. The van der Waals surface area contributed by atoms with Gasteiger partial charge < -0.3 is 14.8 Å². The molecule has 2 aromatic carbocycles. The van der Waals surface area contributed by atoms with Gasteiger partial charge in [0, 0.05) is 23.0 Å². The smallest absolute Gasteiger partial charge is 0.439 e. The summed E-state index contributed by atoms with van der Waals surface area (Å²) in [6, 6.07) is 12.9. The van der Waals surface area contributed by atoms with Gasteiger partial charge in [0.25, 0.3) is 5.91 Å². The largest absolute Gasteiger partial charge is 0.573 e. The molecule has 0 aliphatic rings. The van der Waals surface area contributed by atoms with Gasteiger partial charge in [0.15, 0.2) is 5.82 Å². The number of hydrogen-bond donors (Lipinski definition) is 1. The third kappa shape index (κ3) is 5.75. The van der Waals surface area contributed by atoms with Crippen LogP contribution < -0.4 is 14.8 Å². The van der Waals surface area contributed by atoms with Crippen molar-refractivity contribution in [3.8, 4) is 23.2 Å². The zero-order valence-electron chi connectivity index (χ0n) is 18.9. The standard InChI is InChI=1S/C24H20F3N5O3/c1-14-15(2)31-32(16(14)3)21-12-22(29-13-28-21)34-19-9-7-18(8-10-19)30-23(33)17-5-4-6-20(11-17)35-24(25,26)27/h4-13H,1-3H3,(H,30,33). The summed E-state index contributed by atoms with van der Waals surface area (Å²) in [5.74, 6) is 0.251. The molecule has 0 bridgehead atoms. The van der Waals surface area contributed by atoms with Crippen molar-refractivity contribution in [2.45, 2.75) is 27.1 Å². The average molecular weight is 483 g/mol. The fourth-order valence-corrected chi connectivity index (χ4v) is 3.21. The van der Waals surface area contributed by atoms with E-state index in [1.54, 1.807) is 35.0 Å². The molecule has 8 nitrogen and oxygen atoms in total. The fraction of sp³-hybridized carbons (Fsp3) is 0.167. The van der Waals surface area contributed by atoms with Gasteiger partial charge in [-0.1, -0.05) is 6.07 Å². The van der Waals surface area contributed by atoms with E-state index in [4.69, 9.17) is 4.74 Å². The number of rotatable bonds is 6. The number of alkyl halides is 3. The van der Waals surface area contributed by atoms with Crippen LogP contribution in [0.5, 0.6) is 17.4 Å². The van der Waals surface area contributed by atoms with Crippen LogP contribution in [0.4, 0.5) is 18.9 Å². The van der Waals surface area contributed by atoms with Gasteiger partial charge in [-0.05, 0) is 68.8 Å². The summed E-state index contributed by atoms with van der Waals surface area (Å²) in [6.45, 7) is 5.86. The molecule has 2 aromatic heterocycles. The zero-order valence-corrected chi connectivity index (χ0v) is 18.9. The van der Waals surface area contributed by atoms with E-state index in [1.807, 2.05) is 20.8 Å². The fourth-order valence-electron chi connectivity index (χ4n) is 3.21. The molecule has 1 amide bonds. The van der Waals surface area contributed by atoms with Crippen molar-refractivity contribution in [1.82, 2.24) is 19.7 Å². The van der Waals surface area contributed by atoms with Crippen molar-refractivity contribution >= 4 is 11.6 Å². The summed E-state index contributed by atoms with van der Waals surface area (Å²) >= 11 is 0. The quantitative estimate of drug-likeness (QED) is 0.388. The summed E-state index contributed by atoms with van der Waals surface area (Å²) in [5.41, 5.74) is 3.37.